The first-order valence-electron chi connectivity index (χ1n) is 5.47. The molecular formula is C11H13N3O4S. The predicted molar refractivity (Wildman–Crippen MR) is 72.2 cm³/mol. The van der Waals surface area contributed by atoms with Crippen LogP contribution in [0.3, 0.4) is 0 Å². The van der Waals surface area contributed by atoms with Crippen LogP contribution in [0.5, 0.6) is 5.75 Å². The number of fused-ring (bicyclic) bond motifs is 1. The summed E-state index contributed by atoms with van der Waals surface area (Å²) in [4.78, 5) is 14.3. The summed E-state index contributed by atoms with van der Waals surface area (Å²) in [7, 11) is 1.59. The lowest BCUT2D eigenvalue weighted by molar-refractivity contribution is -0.385. The molecule has 0 aliphatic carbocycles. The Bertz CT molecular complexity index is 533. The molecule has 0 unspecified atom stereocenters. The van der Waals surface area contributed by atoms with Gasteiger partial charge in [-0.3, -0.25) is 15.1 Å². The first kappa shape index (κ1) is 13.6. The molecule has 0 bridgehead atoms. The van der Waals surface area contributed by atoms with E-state index in [2.05, 4.69) is 4.99 Å². The Hall–Kier alpha value is -1.80. The molecule has 19 heavy (non-hydrogen) atoms. The molecule has 0 fully saturated rings. The van der Waals surface area contributed by atoms with Gasteiger partial charge in [0.1, 0.15) is 5.75 Å². The molecule has 1 aliphatic heterocycles. The fourth-order valence-corrected chi connectivity index (χ4v) is 2.36. The highest BCUT2D eigenvalue weighted by Gasteiger charge is 2.20. The fraction of sp³-hybridized carbons (Fsp3) is 0.364. The maximum absolute atomic E-state index is 10.9. The van der Waals surface area contributed by atoms with E-state index >= 15 is 0 Å². The van der Waals surface area contributed by atoms with Gasteiger partial charge in [0.05, 0.1) is 11.5 Å². The van der Waals surface area contributed by atoms with Gasteiger partial charge in [-0.25, -0.2) is 0 Å². The molecule has 1 aliphatic rings. The molecule has 102 valence electrons. The number of nitrogens with zero attached hydrogens (tertiary/aromatic N) is 2. The van der Waals surface area contributed by atoms with Gasteiger partial charge in [-0.1, -0.05) is 11.8 Å². The number of nitro benzene ring substituents is 1. The van der Waals surface area contributed by atoms with Gasteiger partial charge in [-0.05, 0) is 0 Å². The van der Waals surface area contributed by atoms with Crippen LogP contribution in [0.2, 0.25) is 0 Å². The van der Waals surface area contributed by atoms with Crippen molar-refractivity contribution in [1.82, 2.24) is 0 Å². The SMILES string of the molecule is CN=C(N)SCc1cc([N+](=O)[O-])cc2c1OCOC2. The first-order valence-corrected chi connectivity index (χ1v) is 6.46. The molecule has 7 nitrogen and oxygen atoms in total. The van der Waals surface area contributed by atoms with Crippen LogP contribution in [0.25, 0.3) is 0 Å². The van der Waals surface area contributed by atoms with Crippen molar-refractivity contribution in [1.29, 1.82) is 0 Å². The van der Waals surface area contributed by atoms with Crippen molar-refractivity contribution >= 4 is 22.6 Å². The van der Waals surface area contributed by atoms with Gasteiger partial charge in [0.25, 0.3) is 5.69 Å². The van der Waals surface area contributed by atoms with Crippen LogP contribution in [0.15, 0.2) is 17.1 Å². The smallest absolute Gasteiger partial charge is 0.270 e. The number of non-ortho nitro benzene ring substituents is 1. The minimum Gasteiger partial charge on any atom is -0.467 e. The fourth-order valence-electron chi connectivity index (χ4n) is 1.71. The Labute approximate surface area is 113 Å². The normalized spacial score (nSPS) is 14.7. The molecule has 0 saturated carbocycles. The summed E-state index contributed by atoms with van der Waals surface area (Å²) in [5.74, 6) is 1.11. The second-order valence-corrected chi connectivity index (χ2v) is 4.81. The van der Waals surface area contributed by atoms with E-state index in [0.29, 0.717) is 28.8 Å². The van der Waals surface area contributed by atoms with Crippen LogP contribution in [0.1, 0.15) is 11.1 Å². The van der Waals surface area contributed by atoms with Gasteiger partial charge in [0.15, 0.2) is 12.0 Å². The molecule has 1 aromatic carbocycles. The van der Waals surface area contributed by atoms with E-state index in [1.54, 1.807) is 7.05 Å². The Morgan fingerprint density at radius 1 is 1.63 bits per heavy atom. The minimum atomic E-state index is -0.430. The summed E-state index contributed by atoms with van der Waals surface area (Å²) in [6.07, 6.45) is 0. The number of hydrogen-bond donors (Lipinski definition) is 1. The standard InChI is InChI=1S/C11H13N3O4S/c1-13-11(12)19-5-8-3-9(14(15)16)2-7-4-17-6-18-10(7)8/h2-3H,4-6H2,1H3,(H2,12,13). The molecule has 0 radical (unpaired) electrons. The lowest BCUT2D eigenvalue weighted by atomic mass is 10.1. The van der Waals surface area contributed by atoms with Crippen LogP contribution in [-0.4, -0.2) is 23.9 Å². The third kappa shape index (κ3) is 3.15. The van der Waals surface area contributed by atoms with Crippen molar-refractivity contribution in [2.75, 3.05) is 13.8 Å². The summed E-state index contributed by atoms with van der Waals surface area (Å²) in [5.41, 5.74) is 7.04. The van der Waals surface area contributed by atoms with Crippen molar-refractivity contribution < 1.29 is 14.4 Å². The third-order valence-electron chi connectivity index (χ3n) is 2.58. The summed E-state index contributed by atoms with van der Waals surface area (Å²) in [5, 5.41) is 11.3. The van der Waals surface area contributed by atoms with Gasteiger partial charge in [-0.15, -0.1) is 0 Å². The lowest BCUT2D eigenvalue weighted by Gasteiger charge is -2.20. The van der Waals surface area contributed by atoms with Gasteiger partial charge < -0.3 is 15.2 Å². The topological polar surface area (TPSA) is 100.0 Å². The molecule has 0 atom stereocenters. The molecule has 2 rings (SSSR count). The zero-order valence-corrected chi connectivity index (χ0v) is 11.1. The molecule has 0 aromatic heterocycles. The van der Waals surface area contributed by atoms with E-state index in [-0.39, 0.29) is 12.5 Å². The molecule has 0 spiro atoms. The molecule has 1 heterocycles. The van der Waals surface area contributed by atoms with Crippen molar-refractivity contribution in [3.05, 3.63) is 33.4 Å². The summed E-state index contributed by atoms with van der Waals surface area (Å²) in [6.45, 7) is 0.464. The zero-order chi connectivity index (χ0) is 13.8. The molecule has 2 N–H and O–H groups in total. The molecular weight excluding hydrogens is 270 g/mol. The van der Waals surface area contributed by atoms with Crippen molar-refractivity contribution in [2.24, 2.45) is 10.7 Å². The Kier molecular flexibility index (Phi) is 4.23. The first-order chi connectivity index (χ1) is 9.11. The van der Waals surface area contributed by atoms with Crippen LogP contribution in [0.4, 0.5) is 5.69 Å². The highest BCUT2D eigenvalue weighted by atomic mass is 32.2. The molecule has 8 heteroatoms. The van der Waals surface area contributed by atoms with Crippen molar-refractivity contribution in [3.8, 4) is 5.75 Å². The number of amidine groups is 1. The van der Waals surface area contributed by atoms with E-state index in [0.717, 1.165) is 5.56 Å². The Morgan fingerprint density at radius 2 is 2.42 bits per heavy atom. The van der Waals surface area contributed by atoms with E-state index in [1.165, 1.54) is 23.9 Å². The Morgan fingerprint density at radius 3 is 3.11 bits per heavy atom. The van der Waals surface area contributed by atoms with Crippen LogP contribution in [-0.2, 0) is 17.1 Å². The second kappa shape index (κ2) is 5.89. The lowest BCUT2D eigenvalue weighted by Crippen LogP contribution is -2.14. The van der Waals surface area contributed by atoms with Crippen molar-refractivity contribution in [3.63, 3.8) is 0 Å². The summed E-state index contributed by atoms with van der Waals surface area (Å²) in [6, 6.07) is 2.97. The Balaban J connectivity index is 2.33. The number of hydrogen-bond acceptors (Lipinski definition) is 6. The van der Waals surface area contributed by atoms with Gasteiger partial charge in [0, 0.05) is 36.1 Å². The van der Waals surface area contributed by atoms with E-state index in [9.17, 15) is 10.1 Å². The maximum atomic E-state index is 10.9. The molecule has 0 amide bonds. The summed E-state index contributed by atoms with van der Waals surface area (Å²) < 4.78 is 10.5. The van der Waals surface area contributed by atoms with Gasteiger partial charge >= 0.3 is 0 Å². The minimum absolute atomic E-state index is 0.0236. The van der Waals surface area contributed by atoms with Crippen LogP contribution >= 0.6 is 11.8 Å². The highest BCUT2D eigenvalue weighted by Crippen LogP contribution is 2.34. The molecule has 0 saturated heterocycles. The zero-order valence-electron chi connectivity index (χ0n) is 10.3. The third-order valence-corrected chi connectivity index (χ3v) is 3.51. The van der Waals surface area contributed by atoms with Crippen molar-refractivity contribution in [2.45, 2.75) is 12.4 Å². The number of ether oxygens (including phenoxy) is 2. The average Bonchev–Trinajstić information content (AvgIpc) is 2.43. The van der Waals surface area contributed by atoms with Crippen LogP contribution in [0, 0.1) is 10.1 Å². The number of rotatable bonds is 3. The monoisotopic (exact) mass is 283 g/mol. The van der Waals surface area contributed by atoms with Gasteiger partial charge in [-0.2, -0.15) is 0 Å². The predicted octanol–water partition coefficient (Wildman–Crippen LogP) is 1.64. The van der Waals surface area contributed by atoms with E-state index < -0.39 is 4.92 Å². The largest absolute Gasteiger partial charge is 0.467 e. The quantitative estimate of drug-likeness (QED) is 0.392. The summed E-state index contributed by atoms with van der Waals surface area (Å²) >= 11 is 1.31. The second-order valence-electron chi connectivity index (χ2n) is 3.81. The number of aliphatic imine (C=N–C) groups is 1. The maximum Gasteiger partial charge on any atom is 0.270 e. The van der Waals surface area contributed by atoms with E-state index in [4.69, 9.17) is 15.2 Å². The highest BCUT2D eigenvalue weighted by molar-refractivity contribution is 8.13. The number of benzene rings is 1. The van der Waals surface area contributed by atoms with E-state index in [1.807, 2.05) is 0 Å². The number of thioether (sulfide) groups is 1. The number of nitro groups is 1. The number of nitrogens with two attached hydrogens (primary N) is 1. The average molecular weight is 283 g/mol. The molecule has 1 aromatic rings. The van der Waals surface area contributed by atoms with Gasteiger partial charge in [0.2, 0.25) is 0 Å². The van der Waals surface area contributed by atoms with Crippen LogP contribution < -0.4 is 10.5 Å².